The minimum atomic E-state index is -0.898. The fourth-order valence-electron chi connectivity index (χ4n) is 3.15. The number of rotatable bonds is 8. The minimum Gasteiger partial charge on any atom is -0.348 e. The quantitative estimate of drug-likeness (QED) is 0.440. The van der Waals surface area contributed by atoms with Crippen molar-refractivity contribution in [2.45, 2.75) is 36.3 Å². The summed E-state index contributed by atoms with van der Waals surface area (Å²) < 4.78 is 11.6. The molecule has 0 aromatic heterocycles. The molecule has 1 unspecified atom stereocenters. The summed E-state index contributed by atoms with van der Waals surface area (Å²) in [6.45, 7) is 2.20. The average molecular weight is 377 g/mol. The van der Waals surface area contributed by atoms with E-state index < -0.39 is 10.1 Å². The topological polar surface area (TPSA) is 18.5 Å². The second-order valence-electron chi connectivity index (χ2n) is 5.66. The molecule has 1 atom stereocenters. The highest BCUT2D eigenvalue weighted by atomic mass is 79.9. The summed E-state index contributed by atoms with van der Waals surface area (Å²) in [5, 5.41) is 0. The van der Waals surface area contributed by atoms with E-state index >= 15 is 0 Å². The molecule has 0 saturated carbocycles. The zero-order valence-corrected chi connectivity index (χ0v) is 15.7. The molecule has 124 valence electrons. The zero-order valence-electron chi connectivity index (χ0n) is 14.1. The Labute approximate surface area is 148 Å². The molecule has 0 radical (unpaired) electrons. The maximum atomic E-state index is 6.02. The van der Waals surface area contributed by atoms with Crippen LogP contribution in [0.2, 0.25) is 0 Å². The van der Waals surface area contributed by atoms with E-state index in [4.69, 9.17) is 9.47 Å². The normalized spacial score (nSPS) is 14.4. The van der Waals surface area contributed by atoms with Crippen LogP contribution in [0.3, 0.4) is 0 Å². The summed E-state index contributed by atoms with van der Waals surface area (Å²) in [4.78, 5) is 0. The molecule has 0 N–H and O–H groups in total. The molecule has 0 amide bonds. The molecule has 2 aromatic carbocycles. The van der Waals surface area contributed by atoms with E-state index in [-0.39, 0.29) is 0 Å². The number of halogens is 1. The molecule has 0 aliphatic carbocycles. The van der Waals surface area contributed by atoms with Crippen molar-refractivity contribution in [1.29, 1.82) is 0 Å². The fourth-order valence-corrected chi connectivity index (χ4v) is 4.25. The van der Waals surface area contributed by atoms with Gasteiger partial charge in [0, 0.05) is 19.8 Å². The summed E-state index contributed by atoms with van der Waals surface area (Å²) in [6, 6.07) is 20.5. The standard InChI is InChI=1S/C20H25BrO2/c1-4-5-16-19(21,17-12-8-6-9-13-17)20(22-2,23-3)18-14-10-7-11-15-18/h6-15H,4-5,16H2,1-3H3. The van der Waals surface area contributed by atoms with Gasteiger partial charge in [0.1, 0.15) is 4.32 Å². The van der Waals surface area contributed by atoms with Gasteiger partial charge >= 0.3 is 0 Å². The van der Waals surface area contributed by atoms with Crippen LogP contribution in [-0.2, 0) is 19.6 Å². The Morgan fingerprint density at radius 3 is 1.74 bits per heavy atom. The van der Waals surface area contributed by atoms with Crippen molar-refractivity contribution in [1.82, 2.24) is 0 Å². The summed E-state index contributed by atoms with van der Waals surface area (Å²) >= 11 is 4.03. The summed E-state index contributed by atoms with van der Waals surface area (Å²) in [7, 11) is 3.42. The predicted molar refractivity (Wildman–Crippen MR) is 98.7 cm³/mol. The highest BCUT2D eigenvalue weighted by molar-refractivity contribution is 9.09. The maximum absolute atomic E-state index is 6.02. The lowest BCUT2D eigenvalue weighted by molar-refractivity contribution is -0.241. The Kier molecular flexibility index (Phi) is 6.40. The number of methoxy groups -OCH3 is 2. The van der Waals surface area contributed by atoms with E-state index in [9.17, 15) is 0 Å². The minimum absolute atomic E-state index is 0.470. The highest BCUT2D eigenvalue weighted by Crippen LogP contribution is 2.53. The van der Waals surface area contributed by atoms with E-state index in [0.717, 1.165) is 30.4 Å². The maximum Gasteiger partial charge on any atom is 0.214 e. The third-order valence-electron chi connectivity index (χ3n) is 4.36. The van der Waals surface area contributed by atoms with Gasteiger partial charge in [-0.3, -0.25) is 0 Å². The van der Waals surface area contributed by atoms with Gasteiger partial charge in [-0.2, -0.15) is 0 Å². The molecule has 2 nitrogen and oxygen atoms in total. The second-order valence-corrected chi connectivity index (χ2v) is 7.02. The van der Waals surface area contributed by atoms with Crippen LogP contribution in [0, 0.1) is 0 Å². The first kappa shape index (κ1) is 18.2. The molecule has 23 heavy (non-hydrogen) atoms. The molecule has 3 heteroatoms. The summed E-state index contributed by atoms with van der Waals surface area (Å²) in [6.07, 6.45) is 3.09. The number of benzene rings is 2. The van der Waals surface area contributed by atoms with Crippen molar-refractivity contribution in [3.05, 3.63) is 71.8 Å². The fraction of sp³-hybridized carbons (Fsp3) is 0.400. The first-order valence-electron chi connectivity index (χ1n) is 8.05. The van der Waals surface area contributed by atoms with Crippen molar-refractivity contribution < 1.29 is 9.47 Å². The van der Waals surface area contributed by atoms with Gasteiger partial charge in [-0.1, -0.05) is 96.4 Å². The third kappa shape index (κ3) is 3.37. The molecule has 0 bridgehead atoms. The Balaban J connectivity index is 2.62. The Morgan fingerprint density at radius 1 is 0.826 bits per heavy atom. The van der Waals surface area contributed by atoms with E-state index in [0.29, 0.717) is 0 Å². The Morgan fingerprint density at radius 2 is 1.30 bits per heavy atom. The van der Waals surface area contributed by atoms with Gasteiger partial charge in [0.15, 0.2) is 0 Å². The van der Waals surface area contributed by atoms with Crippen LogP contribution in [0.1, 0.15) is 37.3 Å². The van der Waals surface area contributed by atoms with Crippen LogP contribution in [0.4, 0.5) is 0 Å². The van der Waals surface area contributed by atoms with Gasteiger partial charge in [-0.05, 0) is 12.0 Å². The molecule has 0 spiro atoms. The van der Waals surface area contributed by atoms with E-state index in [1.807, 2.05) is 24.3 Å². The van der Waals surface area contributed by atoms with Crippen molar-refractivity contribution >= 4 is 15.9 Å². The Bertz CT molecular complexity index is 581. The van der Waals surface area contributed by atoms with Crippen LogP contribution in [0.15, 0.2) is 60.7 Å². The van der Waals surface area contributed by atoms with E-state index in [2.05, 4.69) is 59.3 Å². The first-order chi connectivity index (χ1) is 11.1. The predicted octanol–water partition coefficient (Wildman–Crippen LogP) is 5.61. The molecule has 0 aliphatic heterocycles. The average Bonchev–Trinajstić information content (AvgIpc) is 2.63. The number of hydrogen-bond acceptors (Lipinski definition) is 2. The Hall–Kier alpha value is -1.16. The van der Waals surface area contributed by atoms with Gasteiger partial charge < -0.3 is 9.47 Å². The lowest BCUT2D eigenvalue weighted by Crippen LogP contribution is -2.48. The van der Waals surface area contributed by atoms with E-state index in [1.165, 1.54) is 0 Å². The van der Waals surface area contributed by atoms with E-state index in [1.54, 1.807) is 14.2 Å². The smallest absolute Gasteiger partial charge is 0.214 e. The molecule has 2 aromatic rings. The van der Waals surface area contributed by atoms with Crippen LogP contribution in [-0.4, -0.2) is 14.2 Å². The van der Waals surface area contributed by atoms with Crippen molar-refractivity contribution in [3.63, 3.8) is 0 Å². The largest absolute Gasteiger partial charge is 0.348 e. The third-order valence-corrected chi connectivity index (χ3v) is 5.73. The molecule has 0 aliphatic rings. The van der Waals surface area contributed by atoms with Gasteiger partial charge in [-0.15, -0.1) is 0 Å². The lowest BCUT2D eigenvalue weighted by Gasteiger charge is -2.45. The SMILES string of the molecule is CCCCC(Br)(c1ccccc1)C(OC)(OC)c1ccccc1. The van der Waals surface area contributed by atoms with Gasteiger partial charge in [0.2, 0.25) is 5.79 Å². The molecular formula is C20H25BrO2. The number of alkyl halides is 1. The zero-order chi connectivity index (χ0) is 16.8. The highest BCUT2D eigenvalue weighted by Gasteiger charge is 2.53. The monoisotopic (exact) mass is 376 g/mol. The van der Waals surface area contributed by atoms with Crippen LogP contribution < -0.4 is 0 Å². The second kappa shape index (κ2) is 8.09. The van der Waals surface area contributed by atoms with Crippen molar-refractivity contribution in [2.75, 3.05) is 14.2 Å². The van der Waals surface area contributed by atoms with Crippen LogP contribution >= 0.6 is 15.9 Å². The van der Waals surface area contributed by atoms with Crippen LogP contribution in [0.5, 0.6) is 0 Å². The van der Waals surface area contributed by atoms with Gasteiger partial charge in [0.25, 0.3) is 0 Å². The summed E-state index contributed by atoms with van der Waals surface area (Å²) in [5.74, 6) is -0.898. The lowest BCUT2D eigenvalue weighted by atomic mass is 9.81. The first-order valence-corrected chi connectivity index (χ1v) is 8.84. The number of hydrogen-bond donors (Lipinski definition) is 0. The van der Waals surface area contributed by atoms with Crippen molar-refractivity contribution in [2.24, 2.45) is 0 Å². The number of ether oxygens (including phenoxy) is 2. The molecule has 0 heterocycles. The van der Waals surface area contributed by atoms with Gasteiger partial charge in [0.05, 0.1) is 0 Å². The number of unbranched alkanes of at least 4 members (excludes halogenated alkanes) is 1. The van der Waals surface area contributed by atoms with Crippen LogP contribution in [0.25, 0.3) is 0 Å². The molecule has 2 rings (SSSR count). The van der Waals surface area contributed by atoms with Gasteiger partial charge in [-0.25, -0.2) is 0 Å². The molecule has 0 fully saturated rings. The summed E-state index contributed by atoms with van der Waals surface area (Å²) in [5.41, 5.74) is 2.16. The molecule has 0 saturated heterocycles. The van der Waals surface area contributed by atoms with Crippen molar-refractivity contribution in [3.8, 4) is 0 Å². The molecular weight excluding hydrogens is 352 g/mol.